The summed E-state index contributed by atoms with van der Waals surface area (Å²) in [4.78, 5) is 110. The van der Waals surface area contributed by atoms with Crippen LogP contribution in [0.15, 0.2) is 30.3 Å². The number of Topliss-reactive ketones (excluding diaryl/α,β-unsaturated/α-hetero) is 1. The zero-order valence-corrected chi connectivity index (χ0v) is 30.1. The van der Waals surface area contributed by atoms with Crippen molar-refractivity contribution in [3.05, 3.63) is 35.9 Å². The number of ketones is 1. The summed E-state index contributed by atoms with van der Waals surface area (Å²) in [6.07, 6.45) is 3.98. The van der Waals surface area contributed by atoms with Crippen molar-refractivity contribution in [2.24, 2.45) is 5.92 Å². The fourth-order valence-electron chi connectivity index (χ4n) is 4.92. The number of rotatable bonds is 25. The molecule has 8 N–H and O–H groups in total. The van der Waals surface area contributed by atoms with E-state index in [0.717, 1.165) is 25.7 Å². The second kappa shape index (κ2) is 23.9. The number of carbonyl (C=O) groups is 9. The monoisotopic (exact) mass is 732 g/mol. The SMILES string of the molecule is CCCCCCC(NC(=O)CCC(=O)NCC(=O)NC(CC(C)C)C(=O)NC(Cc1ccccc1)C(=O)NCC(=O)NC(C(=O)O)C(=O)O)C(C)=O. The Kier molecular flexibility index (Phi) is 20.6. The van der Waals surface area contributed by atoms with Crippen molar-refractivity contribution in [1.82, 2.24) is 31.9 Å². The number of benzene rings is 1. The first-order chi connectivity index (χ1) is 24.5. The van der Waals surface area contributed by atoms with Crippen molar-refractivity contribution in [1.29, 1.82) is 0 Å². The lowest BCUT2D eigenvalue weighted by molar-refractivity contribution is -0.153. The Bertz CT molecular complexity index is 1390. The highest BCUT2D eigenvalue weighted by Crippen LogP contribution is 2.09. The van der Waals surface area contributed by atoms with Gasteiger partial charge in [0.25, 0.3) is 0 Å². The van der Waals surface area contributed by atoms with Crippen LogP contribution in [0.5, 0.6) is 0 Å². The zero-order chi connectivity index (χ0) is 39.2. The first-order valence-electron chi connectivity index (χ1n) is 17.3. The summed E-state index contributed by atoms with van der Waals surface area (Å²) >= 11 is 0. The molecule has 52 heavy (non-hydrogen) atoms. The smallest absolute Gasteiger partial charge is 0.338 e. The molecule has 0 spiro atoms. The van der Waals surface area contributed by atoms with E-state index < -0.39 is 84.6 Å². The fraction of sp³-hybridized carbons (Fsp3) is 0.571. The van der Waals surface area contributed by atoms with Crippen LogP contribution in [-0.2, 0) is 49.6 Å². The molecule has 288 valence electrons. The lowest BCUT2D eigenvalue weighted by Crippen LogP contribution is -2.56. The Morgan fingerprint density at radius 3 is 1.79 bits per heavy atom. The predicted molar refractivity (Wildman–Crippen MR) is 187 cm³/mol. The van der Waals surface area contributed by atoms with Gasteiger partial charge in [-0.25, -0.2) is 9.59 Å². The molecule has 1 rings (SSSR count). The molecule has 0 heterocycles. The van der Waals surface area contributed by atoms with Crippen LogP contribution >= 0.6 is 0 Å². The summed E-state index contributed by atoms with van der Waals surface area (Å²) in [6, 6.07) is 3.27. The molecule has 3 unspecified atom stereocenters. The third kappa shape index (κ3) is 18.6. The minimum Gasteiger partial charge on any atom is -0.479 e. The van der Waals surface area contributed by atoms with Crippen molar-refractivity contribution in [2.45, 2.75) is 110 Å². The second-order valence-corrected chi connectivity index (χ2v) is 12.8. The van der Waals surface area contributed by atoms with Gasteiger partial charge in [0, 0.05) is 19.3 Å². The minimum absolute atomic E-state index is 0.0368. The Labute approximate surface area is 302 Å². The zero-order valence-electron chi connectivity index (χ0n) is 30.1. The molecule has 17 heteroatoms. The van der Waals surface area contributed by atoms with Crippen molar-refractivity contribution < 1.29 is 53.4 Å². The molecule has 0 aliphatic carbocycles. The van der Waals surface area contributed by atoms with Gasteiger partial charge >= 0.3 is 11.9 Å². The maximum atomic E-state index is 13.4. The van der Waals surface area contributed by atoms with E-state index >= 15 is 0 Å². The summed E-state index contributed by atoms with van der Waals surface area (Å²) in [6.45, 7) is 5.77. The summed E-state index contributed by atoms with van der Waals surface area (Å²) in [5.74, 6) is -8.35. The molecule has 0 aliphatic rings. The number of unbranched alkanes of at least 4 members (excludes halogenated alkanes) is 3. The van der Waals surface area contributed by atoms with Gasteiger partial charge in [0.2, 0.25) is 41.5 Å². The van der Waals surface area contributed by atoms with Crippen LogP contribution in [-0.4, -0.2) is 101 Å². The Morgan fingerprint density at radius 1 is 0.635 bits per heavy atom. The molecule has 6 amide bonds. The van der Waals surface area contributed by atoms with Gasteiger partial charge in [-0.1, -0.05) is 76.8 Å². The molecule has 1 aromatic rings. The van der Waals surface area contributed by atoms with Crippen LogP contribution in [0.25, 0.3) is 0 Å². The van der Waals surface area contributed by atoms with Crippen LogP contribution in [0.2, 0.25) is 0 Å². The van der Waals surface area contributed by atoms with Gasteiger partial charge < -0.3 is 42.1 Å². The molecular weight excluding hydrogens is 680 g/mol. The minimum atomic E-state index is -2.23. The van der Waals surface area contributed by atoms with Gasteiger partial charge in [0.15, 0.2) is 5.78 Å². The Balaban J connectivity index is 2.83. The molecule has 0 fully saturated rings. The molecule has 3 atom stereocenters. The van der Waals surface area contributed by atoms with Crippen LogP contribution in [0, 0.1) is 5.92 Å². The maximum Gasteiger partial charge on any atom is 0.338 e. The van der Waals surface area contributed by atoms with E-state index in [0.29, 0.717) is 12.0 Å². The Morgan fingerprint density at radius 2 is 1.21 bits per heavy atom. The lowest BCUT2D eigenvalue weighted by Gasteiger charge is -2.24. The largest absolute Gasteiger partial charge is 0.479 e. The van der Waals surface area contributed by atoms with Crippen molar-refractivity contribution in [3.63, 3.8) is 0 Å². The first-order valence-corrected chi connectivity index (χ1v) is 17.3. The van der Waals surface area contributed by atoms with Gasteiger partial charge in [-0.2, -0.15) is 0 Å². The van der Waals surface area contributed by atoms with E-state index in [1.54, 1.807) is 49.5 Å². The van der Waals surface area contributed by atoms with Crippen LogP contribution in [0.1, 0.15) is 84.6 Å². The summed E-state index contributed by atoms with van der Waals surface area (Å²) in [7, 11) is 0. The van der Waals surface area contributed by atoms with E-state index in [1.165, 1.54) is 6.92 Å². The van der Waals surface area contributed by atoms with E-state index in [1.807, 2.05) is 0 Å². The first kappa shape index (κ1) is 44.7. The predicted octanol–water partition coefficient (Wildman–Crippen LogP) is -0.0444. The number of amides is 6. The van der Waals surface area contributed by atoms with E-state index in [-0.39, 0.29) is 37.4 Å². The molecule has 0 bridgehead atoms. The molecule has 1 aromatic carbocycles. The molecule has 0 aromatic heterocycles. The van der Waals surface area contributed by atoms with Gasteiger partial charge in [0.1, 0.15) is 12.1 Å². The van der Waals surface area contributed by atoms with Crippen molar-refractivity contribution in [3.8, 4) is 0 Å². The van der Waals surface area contributed by atoms with E-state index in [9.17, 15) is 43.2 Å². The van der Waals surface area contributed by atoms with Gasteiger partial charge in [-0.05, 0) is 31.2 Å². The molecular formula is C35H52N6O11. The third-order valence-electron chi connectivity index (χ3n) is 7.69. The number of hydrogen-bond acceptors (Lipinski definition) is 9. The maximum absolute atomic E-state index is 13.4. The number of carboxylic acids is 2. The number of carboxylic acid groups (broad SMARTS) is 2. The average Bonchev–Trinajstić information content (AvgIpc) is 3.08. The molecule has 0 aliphatic heterocycles. The van der Waals surface area contributed by atoms with E-state index in [4.69, 9.17) is 10.2 Å². The fourth-order valence-corrected chi connectivity index (χ4v) is 4.92. The highest BCUT2D eigenvalue weighted by molar-refractivity contribution is 6.01. The van der Waals surface area contributed by atoms with Crippen molar-refractivity contribution >= 4 is 53.2 Å². The third-order valence-corrected chi connectivity index (χ3v) is 7.69. The second-order valence-electron chi connectivity index (χ2n) is 12.8. The highest BCUT2D eigenvalue weighted by atomic mass is 16.4. The number of carbonyl (C=O) groups excluding carboxylic acids is 7. The highest BCUT2D eigenvalue weighted by Gasteiger charge is 2.30. The summed E-state index contributed by atoms with van der Waals surface area (Å²) in [5.41, 5.74) is 0.633. The van der Waals surface area contributed by atoms with Crippen molar-refractivity contribution in [2.75, 3.05) is 13.1 Å². The lowest BCUT2D eigenvalue weighted by atomic mass is 10.0. The average molecular weight is 733 g/mol. The Hall–Kier alpha value is -5.35. The van der Waals surface area contributed by atoms with Gasteiger partial charge in [0.05, 0.1) is 19.1 Å². The summed E-state index contributed by atoms with van der Waals surface area (Å²) < 4.78 is 0. The number of nitrogens with one attached hydrogen (secondary N) is 6. The van der Waals surface area contributed by atoms with Crippen LogP contribution in [0.3, 0.4) is 0 Å². The quantitative estimate of drug-likeness (QED) is 0.0488. The van der Waals surface area contributed by atoms with Crippen LogP contribution in [0.4, 0.5) is 0 Å². The standard InChI is InChI=1S/C35H52N6O11/c1-5-6-7-11-14-24(22(4)42)38-28(44)16-15-27(43)36-19-29(45)39-25(17-21(2)3)33(48)40-26(18-23-12-9-8-10-13-23)32(47)37-20-30(46)41-31(34(49)50)35(51)52/h8-10,12-13,21,24-26,31H,5-7,11,14-20H2,1-4H3,(H,36,43)(H,37,47)(H,38,44)(H,39,45)(H,40,48)(H,41,46)(H,49,50)(H,51,52). The molecule has 0 saturated carbocycles. The molecule has 17 nitrogen and oxygen atoms in total. The normalized spacial score (nSPS) is 12.5. The topological polar surface area (TPSA) is 266 Å². The van der Waals surface area contributed by atoms with E-state index in [2.05, 4.69) is 33.5 Å². The van der Waals surface area contributed by atoms with Gasteiger partial charge in [-0.15, -0.1) is 0 Å². The van der Waals surface area contributed by atoms with Crippen LogP contribution < -0.4 is 31.9 Å². The van der Waals surface area contributed by atoms with Gasteiger partial charge in [-0.3, -0.25) is 33.6 Å². The molecule has 0 radical (unpaired) electrons. The number of aliphatic carboxylic acids is 2. The summed E-state index contributed by atoms with van der Waals surface area (Å²) in [5, 5.41) is 32.2. The molecule has 0 saturated heterocycles. The number of hydrogen-bond donors (Lipinski definition) is 8.